The lowest BCUT2D eigenvalue weighted by atomic mass is 9.55. The van der Waals surface area contributed by atoms with Crippen LogP contribution in [0.4, 0.5) is 0 Å². The predicted octanol–water partition coefficient (Wildman–Crippen LogP) is 6.84. The number of hydrogen-bond donors (Lipinski definition) is 1. The number of carbonyl (C=O) groups is 4. The lowest BCUT2D eigenvalue weighted by Gasteiger charge is -2.45. The highest BCUT2D eigenvalue weighted by atomic mass is 16.4. The van der Waals surface area contributed by atoms with Gasteiger partial charge in [-0.05, 0) is 67.7 Å². The molecule has 0 bridgehead atoms. The number of hydrogen-bond acceptors (Lipinski definition) is 4. The van der Waals surface area contributed by atoms with Crippen molar-refractivity contribution in [3.8, 4) is 0 Å². The van der Waals surface area contributed by atoms with Crippen molar-refractivity contribution >= 4 is 23.4 Å². The number of carboxylic acid groups (broad SMARTS) is 1. The van der Waals surface area contributed by atoms with Crippen LogP contribution in [0.25, 0.3) is 0 Å². The zero-order chi connectivity index (χ0) is 30.9. The maximum Gasteiger partial charge on any atom is 0.314 e. The summed E-state index contributed by atoms with van der Waals surface area (Å²) >= 11 is 0. The highest BCUT2D eigenvalue weighted by Gasteiger charge is 2.57. The third kappa shape index (κ3) is 6.97. The molecule has 42 heavy (non-hydrogen) atoms. The SMILES string of the molecule is C=CCN(CC=C)C(=O)c1cccc(C2(C(=O)O)CCCC(CCCc3ccccc3)C2C(=O)C(=O)C(C)(C)CC)c1. The lowest BCUT2D eigenvalue weighted by Crippen LogP contribution is -2.55. The molecule has 1 saturated carbocycles. The predicted molar refractivity (Wildman–Crippen MR) is 166 cm³/mol. The second-order valence-electron chi connectivity index (χ2n) is 12.1. The summed E-state index contributed by atoms with van der Waals surface area (Å²) in [7, 11) is 0. The van der Waals surface area contributed by atoms with Gasteiger partial charge in [-0.2, -0.15) is 0 Å². The Labute approximate surface area is 250 Å². The minimum absolute atomic E-state index is 0.217. The molecule has 3 unspecified atom stereocenters. The van der Waals surface area contributed by atoms with Crippen LogP contribution in [0.3, 0.4) is 0 Å². The van der Waals surface area contributed by atoms with Crippen LogP contribution in [0, 0.1) is 17.3 Å². The number of amides is 1. The summed E-state index contributed by atoms with van der Waals surface area (Å²) in [4.78, 5) is 56.3. The molecule has 2 aromatic rings. The van der Waals surface area contributed by atoms with E-state index < -0.39 is 34.3 Å². The molecule has 1 N–H and O–H groups in total. The first kappa shape index (κ1) is 32.7. The number of aliphatic carboxylic acids is 1. The third-order valence-corrected chi connectivity index (χ3v) is 9.03. The number of aryl methyl sites for hydroxylation is 1. The normalized spacial score (nSPS) is 20.4. The molecule has 0 aromatic heterocycles. The number of carboxylic acids is 1. The molecule has 0 radical (unpaired) electrons. The Morgan fingerprint density at radius 2 is 1.69 bits per heavy atom. The van der Waals surface area contributed by atoms with Crippen molar-refractivity contribution in [2.24, 2.45) is 17.3 Å². The van der Waals surface area contributed by atoms with E-state index in [0.29, 0.717) is 49.9 Å². The first-order valence-corrected chi connectivity index (χ1v) is 15.0. The summed E-state index contributed by atoms with van der Waals surface area (Å²) in [5, 5.41) is 10.9. The van der Waals surface area contributed by atoms with Gasteiger partial charge in [0.05, 0.1) is 0 Å². The number of Topliss-reactive ketones (excluding diaryl/α,β-unsaturated/α-hetero) is 2. The number of rotatable bonds is 15. The van der Waals surface area contributed by atoms with Gasteiger partial charge in [-0.25, -0.2) is 0 Å². The highest BCUT2D eigenvalue weighted by molar-refractivity contribution is 6.40. The van der Waals surface area contributed by atoms with Crippen molar-refractivity contribution in [3.63, 3.8) is 0 Å². The number of carbonyl (C=O) groups excluding carboxylic acids is 3. The van der Waals surface area contributed by atoms with E-state index in [0.717, 1.165) is 12.8 Å². The molecule has 1 aliphatic carbocycles. The first-order chi connectivity index (χ1) is 20.0. The van der Waals surface area contributed by atoms with Crippen molar-refractivity contribution in [1.82, 2.24) is 4.90 Å². The molecule has 1 aliphatic rings. The van der Waals surface area contributed by atoms with Crippen molar-refractivity contribution in [2.75, 3.05) is 13.1 Å². The summed E-state index contributed by atoms with van der Waals surface area (Å²) in [6, 6.07) is 16.7. The van der Waals surface area contributed by atoms with Gasteiger partial charge in [0.25, 0.3) is 5.91 Å². The van der Waals surface area contributed by atoms with Gasteiger partial charge in [0.15, 0.2) is 0 Å². The summed E-state index contributed by atoms with van der Waals surface area (Å²) in [5.41, 5.74) is -0.620. The second kappa shape index (κ2) is 14.4. The van der Waals surface area contributed by atoms with Gasteiger partial charge in [-0.15, -0.1) is 13.2 Å². The van der Waals surface area contributed by atoms with E-state index in [9.17, 15) is 24.3 Å². The van der Waals surface area contributed by atoms with Gasteiger partial charge in [0.2, 0.25) is 11.6 Å². The summed E-state index contributed by atoms with van der Waals surface area (Å²) in [6.07, 6.45) is 7.42. The maximum absolute atomic E-state index is 14.2. The van der Waals surface area contributed by atoms with E-state index >= 15 is 0 Å². The largest absolute Gasteiger partial charge is 0.481 e. The Hall–Kier alpha value is -3.80. The van der Waals surface area contributed by atoms with Crippen LogP contribution in [0.1, 0.15) is 80.8 Å². The smallest absolute Gasteiger partial charge is 0.314 e. The van der Waals surface area contributed by atoms with Crippen LogP contribution >= 0.6 is 0 Å². The van der Waals surface area contributed by atoms with E-state index in [4.69, 9.17) is 0 Å². The fourth-order valence-corrected chi connectivity index (χ4v) is 6.32. The number of benzene rings is 2. The molecule has 1 fully saturated rings. The average Bonchev–Trinajstić information content (AvgIpc) is 3.00. The van der Waals surface area contributed by atoms with Gasteiger partial charge >= 0.3 is 5.97 Å². The van der Waals surface area contributed by atoms with Crippen LogP contribution in [0.15, 0.2) is 79.9 Å². The molecule has 0 aliphatic heterocycles. The summed E-state index contributed by atoms with van der Waals surface area (Å²) in [6.45, 7) is 13.4. The molecule has 224 valence electrons. The van der Waals surface area contributed by atoms with E-state index in [-0.39, 0.29) is 18.2 Å². The average molecular weight is 572 g/mol. The van der Waals surface area contributed by atoms with Crippen LogP contribution in [0.5, 0.6) is 0 Å². The van der Waals surface area contributed by atoms with Crippen LogP contribution in [0.2, 0.25) is 0 Å². The highest BCUT2D eigenvalue weighted by Crippen LogP contribution is 2.50. The van der Waals surface area contributed by atoms with Crippen LogP contribution < -0.4 is 0 Å². The summed E-state index contributed by atoms with van der Waals surface area (Å²) in [5.74, 6) is -3.84. The molecular weight excluding hydrogens is 526 g/mol. The molecule has 0 saturated heterocycles. The van der Waals surface area contributed by atoms with Crippen molar-refractivity contribution < 1.29 is 24.3 Å². The van der Waals surface area contributed by atoms with E-state index in [1.165, 1.54) is 5.56 Å². The van der Waals surface area contributed by atoms with Gasteiger partial charge in [-0.1, -0.05) is 81.8 Å². The first-order valence-electron chi connectivity index (χ1n) is 15.0. The zero-order valence-electron chi connectivity index (χ0n) is 25.3. The molecule has 2 aromatic carbocycles. The number of nitrogens with zero attached hydrogens (tertiary/aromatic N) is 1. The molecular formula is C36H45NO5. The van der Waals surface area contributed by atoms with Crippen molar-refractivity contribution in [1.29, 1.82) is 0 Å². The monoisotopic (exact) mass is 571 g/mol. The molecule has 6 nitrogen and oxygen atoms in total. The van der Waals surface area contributed by atoms with Gasteiger partial charge < -0.3 is 10.0 Å². The molecule has 6 heteroatoms. The lowest BCUT2D eigenvalue weighted by molar-refractivity contribution is -0.157. The number of ketones is 2. The molecule has 0 heterocycles. The molecule has 0 spiro atoms. The van der Waals surface area contributed by atoms with Crippen molar-refractivity contribution in [3.05, 3.63) is 96.6 Å². The van der Waals surface area contributed by atoms with Crippen LogP contribution in [-0.4, -0.2) is 46.5 Å². The van der Waals surface area contributed by atoms with Gasteiger partial charge in [-0.3, -0.25) is 19.2 Å². The Kier molecular flexibility index (Phi) is 11.2. The molecule has 3 atom stereocenters. The van der Waals surface area contributed by atoms with E-state index in [1.54, 1.807) is 55.2 Å². The van der Waals surface area contributed by atoms with E-state index in [2.05, 4.69) is 25.3 Å². The fraction of sp³-hybridized carbons (Fsp3) is 0.444. The third-order valence-electron chi connectivity index (χ3n) is 9.03. The summed E-state index contributed by atoms with van der Waals surface area (Å²) < 4.78 is 0. The Bertz CT molecular complexity index is 1290. The van der Waals surface area contributed by atoms with Crippen molar-refractivity contribution in [2.45, 2.75) is 71.1 Å². The molecule has 3 rings (SSSR count). The quantitative estimate of drug-likeness (QED) is 0.187. The zero-order valence-corrected chi connectivity index (χ0v) is 25.3. The van der Waals surface area contributed by atoms with Gasteiger partial charge in [0, 0.05) is 30.0 Å². The Morgan fingerprint density at radius 1 is 1.02 bits per heavy atom. The molecule has 1 amide bonds. The van der Waals surface area contributed by atoms with Gasteiger partial charge in [0.1, 0.15) is 5.41 Å². The fourth-order valence-electron chi connectivity index (χ4n) is 6.32. The minimum atomic E-state index is -1.62. The minimum Gasteiger partial charge on any atom is -0.481 e. The van der Waals surface area contributed by atoms with Crippen LogP contribution in [-0.2, 0) is 26.2 Å². The maximum atomic E-state index is 14.2. The topological polar surface area (TPSA) is 91.8 Å². The standard InChI is InChI=1S/C36H45NO5/c1-6-23-37(24-7-2)33(40)28-19-13-21-29(25-28)36(34(41)42)22-14-20-27(18-12-17-26-15-10-9-11-16-26)30(36)31(38)32(39)35(4,5)8-3/h6-7,9-11,13,15-16,19,21,25,27,30H,1-2,8,12,14,17-18,20,22-24H2,3-5H3,(H,41,42). The Balaban J connectivity index is 2.10. The second-order valence-corrected chi connectivity index (χ2v) is 12.1. The Morgan fingerprint density at radius 3 is 2.29 bits per heavy atom. The van der Waals surface area contributed by atoms with E-state index in [1.807, 2.05) is 25.1 Å².